The SMILES string of the molecule is CCCCN(CCC(F)(F)C(F)(F)C(F)(F)C(F)(F)C(F)(F)C(F)(F)C(F)(F)C(F)(F)F)c1nc(=S)nc([O-])[nH]1.[Na+]. The van der Waals surface area contributed by atoms with Gasteiger partial charge in [0.1, 0.15) is 0 Å². The Morgan fingerprint density at radius 3 is 1.49 bits per heavy atom. The third kappa shape index (κ3) is 6.75. The normalized spacial score (nSPS) is 14.6. The van der Waals surface area contributed by atoms with Crippen LogP contribution in [0, 0.1) is 4.77 Å². The minimum absolute atomic E-state index is 0. The molecule has 0 aliphatic rings. The summed E-state index contributed by atoms with van der Waals surface area (Å²) in [5.74, 6) is -57.6. The van der Waals surface area contributed by atoms with Gasteiger partial charge in [-0.15, -0.1) is 0 Å². The predicted molar refractivity (Wildman–Crippen MR) is 99.1 cm³/mol. The van der Waals surface area contributed by atoms with Crippen molar-refractivity contribution in [3.8, 4) is 6.01 Å². The van der Waals surface area contributed by atoms with E-state index in [4.69, 9.17) is 0 Å². The number of unbranched alkanes of at least 4 members (excludes halogenated alkanes) is 1. The topological polar surface area (TPSA) is 67.9 Å². The van der Waals surface area contributed by atoms with Crippen LogP contribution in [0.25, 0.3) is 0 Å². The van der Waals surface area contributed by atoms with Crippen molar-refractivity contribution in [2.75, 3.05) is 18.0 Å². The van der Waals surface area contributed by atoms with E-state index in [1.807, 2.05) is 0 Å². The Bertz CT molecular complexity index is 1100. The van der Waals surface area contributed by atoms with Crippen LogP contribution in [0.3, 0.4) is 0 Å². The van der Waals surface area contributed by atoms with Crippen molar-refractivity contribution >= 4 is 18.2 Å². The molecular formula is C17H14F17N4NaOS. The molecule has 0 spiro atoms. The molecule has 1 heterocycles. The summed E-state index contributed by atoms with van der Waals surface area (Å²) < 4.78 is 227. The first-order valence-electron chi connectivity index (χ1n) is 10.2. The predicted octanol–water partition coefficient (Wildman–Crippen LogP) is 3.62. The minimum atomic E-state index is -8.69. The third-order valence-corrected chi connectivity index (χ3v) is 5.36. The number of H-pyrrole nitrogens is 1. The first-order chi connectivity index (χ1) is 17.6. The first kappa shape index (κ1) is 39.6. The van der Waals surface area contributed by atoms with Crippen molar-refractivity contribution in [2.24, 2.45) is 0 Å². The second-order valence-corrected chi connectivity index (χ2v) is 8.36. The van der Waals surface area contributed by atoms with E-state index >= 15 is 0 Å². The van der Waals surface area contributed by atoms with Gasteiger partial charge in [-0.25, -0.2) is 4.98 Å². The number of alkyl halides is 17. The van der Waals surface area contributed by atoms with Crippen LogP contribution in [0.15, 0.2) is 0 Å². The smallest absolute Gasteiger partial charge is 0.846 e. The molecule has 24 heteroatoms. The standard InChI is InChI=1S/C17H15F17N4OS.Na/c1-2-3-5-38(7-35-8(39)37-9(40)36-7)6-4-10(18,19)11(20,21)12(22,23)13(24,25)14(26,27)15(28,29)16(30,31)17(32,33)34;/h2-6H2,1H3,(H2,35,36,37,39,40);/q;+1/p-1. The van der Waals surface area contributed by atoms with Crippen molar-refractivity contribution < 1.29 is 109 Å². The van der Waals surface area contributed by atoms with Crippen LogP contribution in [0.4, 0.5) is 80.6 Å². The molecule has 0 aliphatic heterocycles. The number of rotatable bonds is 13. The van der Waals surface area contributed by atoms with Crippen molar-refractivity contribution in [2.45, 2.75) is 73.8 Å². The van der Waals surface area contributed by atoms with Crippen molar-refractivity contribution in [3.63, 3.8) is 0 Å². The fourth-order valence-corrected chi connectivity index (χ4v) is 2.97. The Balaban J connectivity index is 0.0000160. The van der Waals surface area contributed by atoms with E-state index in [-0.39, 0.29) is 42.4 Å². The summed E-state index contributed by atoms with van der Waals surface area (Å²) in [6.45, 7) is -0.642. The zero-order valence-corrected chi connectivity index (χ0v) is 22.9. The quantitative estimate of drug-likeness (QED) is 0.198. The minimum Gasteiger partial charge on any atom is -0.846 e. The summed E-state index contributed by atoms with van der Waals surface area (Å²) in [6.07, 6.45) is -10.3. The molecule has 41 heavy (non-hydrogen) atoms. The molecule has 0 atom stereocenters. The monoisotopic (exact) mass is 668 g/mol. The maximum Gasteiger partial charge on any atom is 1.00 e. The van der Waals surface area contributed by atoms with Crippen LogP contribution in [0.5, 0.6) is 6.01 Å². The van der Waals surface area contributed by atoms with E-state index < -0.39 is 83.9 Å². The van der Waals surface area contributed by atoms with Crippen LogP contribution < -0.4 is 39.6 Å². The number of hydrogen-bond acceptors (Lipinski definition) is 5. The Hall–Kier alpha value is -1.36. The van der Waals surface area contributed by atoms with Gasteiger partial charge >= 0.3 is 77.2 Å². The molecule has 1 N–H and O–H groups in total. The van der Waals surface area contributed by atoms with E-state index in [0.717, 1.165) is 0 Å². The summed E-state index contributed by atoms with van der Waals surface area (Å²) in [4.78, 5) is 8.65. The maximum absolute atomic E-state index is 14.2. The van der Waals surface area contributed by atoms with Crippen LogP contribution in [-0.4, -0.2) is 75.7 Å². The van der Waals surface area contributed by atoms with Gasteiger partial charge in [-0.1, -0.05) is 13.3 Å². The molecule has 0 saturated carbocycles. The number of nitrogens with one attached hydrogen (secondary N) is 1. The van der Waals surface area contributed by atoms with Gasteiger partial charge in [-0.3, -0.25) is 0 Å². The summed E-state index contributed by atoms with van der Waals surface area (Å²) in [5, 5.41) is 11.4. The fourth-order valence-electron chi connectivity index (χ4n) is 2.81. The van der Waals surface area contributed by atoms with Gasteiger partial charge in [0, 0.05) is 19.5 Å². The van der Waals surface area contributed by atoms with Gasteiger partial charge in [0.05, 0.1) is 6.01 Å². The van der Waals surface area contributed by atoms with Crippen LogP contribution in [-0.2, 0) is 0 Å². The molecule has 0 unspecified atom stereocenters. The maximum atomic E-state index is 14.2. The molecule has 0 saturated heterocycles. The Morgan fingerprint density at radius 2 is 1.10 bits per heavy atom. The molecule has 0 radical (unpaired) electrons. The van der Waals surface area contributed by atoms with E-state index in [1.54, 1.807) is 4.98 Å². The van der Waals surface area contributed by atoms with Crippen molar-refractivity contribution in [3.05, 3.63) is 4.77 Å². The summed E-state index contributed by atoms with van der Waals surface area (Å²) in [7, 11) is 0. The van der Waals surface area contributed by atoms with Crippen LogP contribution in [0.1, 0.15) is 26.2 Å². The van der Waals surface area contributed by atoms with Gasteiger partial charge in [-0.2, -0.15) is 79.6 Å². The third-order valence-electron chi connectivity index (χ3n) is 5.18. The molecule has 0 aliphatic carbocycles. The average molecular weight is 668 g/mol. The molecule has 0 bridgehead atoms. The second-order valence-electron chi connectivity index (χ2n) is 8.00. The van der Waals surface area contributed by atoms with Gasteiger partial charge < -0.3 is 15.0 Å². The van der Waals surface area contributed by atoms with E-state index in [9.17, 15) is 79.7 Å². The van der Waals surface area contributed by atoms with Gasteiger partial charge in [0.15, 0.2) is 0 Å². The zero-order chi connectivity index (χ0) is 32.0. The van der Waals surface area contributed by atoms with E-state index in [2.05, 4.69) is 22.2 Å². The second kappa shape index (κ2) is 12.3. The zero-order valence-electron chi connectivity index (χ0n) is 20.1. The number of aromatic amines is 1. The number of anilines is 1. The van der Waals surface area contributed by atoms with E-state index in [1.165, 1.54) is 6.92 Å². The fraction of sp³-hybridized carbons (Fsp3) is 0.824. The number of aromatic nitrogens is 3. The summed E-state index contributed by atoms with van der Waals surface area (Å²) >= 11 is 4.46. The average Bonchev–Trinajstić information content (AvgIpc) is 2.76. The molecule has 0 aromatic carbocycles. The summed E-state index contributed by atoms with van der Waals surface area (Å²) in [6, 6.07) is -1.28. The molecule has 234 valence electrons. The largest absolute Gasteiger partial charge is 1.00 e. The Labute approximate surface area is 244 Å². The van der Waals surface area contributed by atoms with E-state index in [0.29, 0.717) is 4.90 Å². The van der Waals surface area contributed by atoms with Crippen molar-refractivity contribution in [1.82, 2.24) is 15.0 Å². The molecule has 1 aromatic rings. The molecule has 5 nitrogen and oxygen atoms in total. The van der Waals surface area contributed by atoms with Gasteiger partial charge in [-0.05, 0) is 18.6 Å². The van der Waals surface area contributed by atoms with Crippen molar-refractivity contribution in [1.29, 1.82) is 0 Å². The van der Waals surface area contributed by atoms with Crippen LogP contribution >= 0.6 is 12.2 Å². The first-order valence-corrected chi connectivity index (χ1v) is 10.6. The number of nitrogens with zero attached hydrogens (tertiary/aromatic N) is 3. The number of hydrogen-bond donors (Lipinski definition) is 1. The molecule has 0 amide bonds. The Morgan fingerprint density at radius 1 is 0.683 bits per heavy atom. The summed E-state index contributed by atoms with van der Waals surface area (Å²) in [5.41, 5.74) is 0. The van der Waals surface area contributed by atoms with Crippen LogP contribution in [0.2, 0.25) is 0 Å². The number of halogens is 17. The molecule has 1 rings (SSSR count). The Kier molecular flexibility index (Phi) is 11.9. The molecule has 0 fully saturated rings. The molecule has 1 aromatic heterocycles. The van der Waals surface area contributed by atoms with Gasteiger partial charge in [0.2, 0.25) is 10.7 Å². The molecular weight excluding hydrogens is 654 g/mol. The van der Waals surface area contributed by atoms with Gasteiger partial charge in [0.25, 0.3) is 0 Å².